The third kappa shape index (κ3) is 5.12. The van der Waals surface area contributed by atoms with Crippen molar-refractivity contribution in [2.75, 3.05) is 47.0 Å². The van der Waals surface area contributed by atoms with Crippen molar-refractivity contribution < 1.29 is 4.79 Å². The predicted molar refractivity (Wildman–Crippen MR) is 137 cm³/mol. The Morgan fingerprint density at radius 2 is 1.74 bits per heavy atom. The molecule has 0 spiro atoms. The van der Waals surface area contributed by atoms with Crippen LogP contribution in [0.3, 0.4) is 0 Å². The molecule has 3 aromatic rings. The van der Waals surface area contributed by atoms with Crippen LogP contribution in [0.1, 0.15) is 34.3 Å². The van der Waals surface area contributed by atoms with E-state index in [9.17, 15) is 4.79 Å². The quantitative estimate of drug-likeness (QED) is 0.425. The Balaban J connectivity index is 1.33. The van der Waals surface area contributed by atoms with E-state index >= 15 is 0 Å². The molecule has 5 rings (SSSR count). The smallest absolute Gasteiger partial charge is 0.261 e. The fraction of sp³-hybridized carbons (Fsp3) is 0.346. The lowest BCUT2D eigenvalue weighted by molar-refractivity contribution is 0.102. The van der Waals surface area contributed by atoms with Gasteiger partial charge in [-0.2, -0.15) is 4.98 Å². The number of hydrogen-bond acceptors (Lipinski definition) is 7. The van der Waals surface area contributed by atoms with Crippen molar-refractivity contribution in [2.24, 2.45) is 0 Å². The van der Waals surface area contributed by atoms with E-state index in [4.69, 9.17) is 0 Å². The number of benzene rings is 2. The molecule has 1 saturated carbocycles. The largest absolute Gasteiger partial charge is 0.369 e. The van der Waals surface area contributed by atoms with Crippen molar-refractivity contribution in [3.63, 3.8) is 0 Å². The highest BCUT2D eigenvalue weighted by Crippen LogP contribution is 2.28. The number of carbonyl (C=O) groups is 1. The van der Waals surface area contributed by atoms with Crippen LogP contribution in [0, 0.1) is 13.8 Å². The summed E-state index contributed by atoms with van der Waals surface area (Å²) in [5, 5.41) is 13.1. The van der Waals surface area contributed by atoms with Crippen molar-refractivity contribution in [1.29, 1.82) is 0 Å². The van der Waals surface area contributed by atoms with Gasteiger partial charge in [-0.1, -0.05) is 18.2 Å². The van der Waals surface area contributed by atoms with Gasteiger partial charge in [0.1, 0.15) is 11.4 Å². The normalized spacial score (nSPS) is 15.6. The number of para-hydroxylation sites is 1. The number of aryl methyl sites for hydroxylation is 2. The molecule has 2 fully saturated rings. The second-order valence-electron chi connectivity index (χ2n) is 9.00. The summed E-state index contributed by atoms with van der Waals surface area (Å²) in [4.78, 5) is 24.6. The first-order valence-electron chi connectivity index (χ1n) is 11.9. The molecule has 0 bridgehead atoms. The molecule has 2 heterocycles. The summed E-state index contributed by atoms with van der Waals surface area (Å²) in [6.07, 6.45) is 3.76. The number of piperazine rings is 1. The average Bonchev–Trinajstić information content (AvgIpc) is 3.67. The summed E-state index contributed by atoms with van der Waals surface area (Å²) in [6.45, 7) is 8.02. The Bertz CT molecular complexity index is 1150. The average molecular weight is 458 g/mol. The molecule has 1 saturated heterocycles. The van der Waals surface area contributed by atoms with Crippen LogP contribution in [-0.2, 0) is 0 Å². The minimum atomic E-state index is -0.215. The van der Waals surface area contributed by atoms with Gasteiger partial charge < -0.3 is 26.2 Å². The standard InChI is InChI=1S/C26H31N7O/c1-17-4-3-5-18(2)23(17)31-25(34)22-16-28-26(32-24(22)29-19-6-7-19)30-20-8-10-21(11-9-20)33-14-12-27-13-15-33/h3-5,8-11,16,19,27H,6-7,12-15H2,1-2H3,(H,31,34)(H2,28,29,30,32). The first kappa shape index (κ1) is 22.2. The van der Waals surface area contributed by atoms with E-state index in [1.807, 2.05) is 44.2 Å². The number of nitrogens with one attached hydrogen (secondary N) is 4. The zero-order valence-corrected chi connectivity index (χ0v) is 19.7. The second-order valence-corrected chi connectivity index (χ2v) is 9.00. The number of amides is 1. The third-order valence-corrected chi connectivity index (χ3v) is 6.28. The summed E-state index contributed by atoms with van der Waals surface area (Å²) in [5.74, 6) is 0.801. The summed E-state index contributed by atoms with van der Waals surface area (Å²) in [7, 11) is 0. The number of hydrogen-bond donors (Lipinski definition) is 4. The van der Waals surface area contributed by atoms with Gasteiger partial charge in [0, 0.05) is 55.5 Å². The van der Waals surface area contributed by atoms with Gasteiger partial charge in [0.2, 0.25) is 5.95 Å². The van der Waals surface area contributed by atoms with Crippen LogP contribution in [0.4, 0.5) is 28.8 Å². The maximum absolute atomic E-state index is 13.1. The van der Waals surface area contributed by atoms with Crippen LogP contribution in [0.25, 0.3) is 0 Å². The van der Waals surface area contributed by atoms with Crippen molar-refractivity contribution in [2.45, 2.75) is 32.7 Å². The fourth-order valence-corrected chi connectivity index (χ4v) is 4.14. The Morgan fingerprint density at radius 3 is 2.41 bits per heavy atom. The van der Waals surface area contributed by atoms with E-state index in [1.54, 1.807) is 6.20 Å². The van der Waals surface area contributed by atoms with Crippen LogP contribution in [0.15, 0.2) is 48.7 Å². The van der Waals surface area contributed by atoms with Gasteiger partial charge in [-0.25, -0.2) is 4.98 Å². The summed E-state index contributed by atoms with van der Waals surface area (Å²) < 4.78 is 0. The Labute approximate surface area is 200 Å². The molecule has 0 radical (unpaired) electrons. The van der Waals surface area contributed by atoms with Crippen LogP contribution >= 0.6 is 0 Å². The molecule has 2 aromatic carbocycles. The monoisotopic (exact) mass is 457 g/mol. The number of rotatable bonds is 7. The Morgan fingerprint density at radius 1 is 1.03 bits per heavy atom. The van der Waals surface area contributed by atoms with Crippen LogP contribution < -0.4 is 26.2 Å². The van der Waals surface area contributed by atoms with Gasteiger partial charge in [-0.15, -0.1) is 0 Å². The van der Waals surface area contributed by atoms with Crippen molar-refractivity contribution >= 4 is 34.7 Å². The van der Waals surface area contributed by atoms with E-state index < -0.39 is 0 Å². The Kier molecular flexibility index (Phi) is 6.31. The molecule has 34 heavy (non-hydrogen) atoms. The van der Waals surface area contributed by atoms with E-state index in [1.165, 1.54) is 5.69 Å². The van der Waals surface area contributed by atoms with Crippen LogP contribution in [0.5, 0.6) is 0 Å². The molecule has 8 heteroatoms. The van der Waals surface area contributed by atoms with Crippen LogP contribution in [-0.4, -0.2) is 48.1 Å². The number of carbonyl (C=O) groups excluding carboxylic acids is 1. The number of nitrogens with zero attached hydrogens (tertiary/aromatic N) is 3. The molecule has 0 unspecified atom stereocenters. The SMILES string of the molecule is Cc1cccc(C)c1NC(=O)c1cnc(Nc2ccc(N3CCNCC3)cc2)nc1NC1CC1. The first-order valence-corrected chi connectivity index (χ1v) is 11.9. The highest BCUT2D eigenvalue weighted by Gasteiger charge is 2.25. The zero-order valence-electron chi connectivity index (χ0n) is 19.7. The maximum Gasteiger partial charge on any atom is 0.261 e. The third-order valence-electron chi connectivity index (χ3n) is 6.28. The zero-order chi connectivity index (χ0) is 23.5. The summed E-state index contributed by atoms with van der Waals surface area (Å²) >= 11 is 0. The molecule has 176 valence electrons. The molecular formula is C26H31N7O. The summed E-state index contributed by atoms with van der Waals surface area (Å²) in [5.41, 5.74) is 5.43. The lowest BCUT2D eigenvalue weighted by Gasteiger charge is -2.29. The molecule has 0 atom stereocenters. The van der Waals surface area contributed by atoms with E-state index in [2.05, 4.69) is 48.3 Å². The van der Waals surface area contributed by atoms with Gasteiger partial charge in [-0.05, 0) is 62.1 Å². The molecule has 1 amide bonds. The highest BCUT2D eigenvalue weighted by atomic mass is 16.1. The number of aromatic nitrogens is 2. The lowest BCUT2D eigenvalue weighted by atomic mass is 10.1. The highest BCUT2D eigenvalue weighted by molar-refractivity contribution is 6.08. The van der Waals surface area contributed by atoms with Crippen molar-refractivity contribution in [3.8, 4) is 0 Å². The lowest BCUT2D eigenvalue weighted by Crippen LogP contribution is -2.43. The van der Waals surface area contributed by atoms with Crippen molar-refractivity contribution in [3.05, 3.63) is 65.4 Å². The van der Waals surface area contributed by atoms with Crippen molar-refractivity contribution in [1.82, 2.24) is 15.3 Å². The van der Waals surface area contributed by atoms with E-state index in [-0.39, 0.29) is 5.91 Å². The number of anilines is 5. The van der Waals surface area contributed by atoms with Gasteiger partial charge in [0.25, 0.3) is 5.91 Å². The minimum absolute atomic E-state index is 0.215. The molecule has 1 aromatic heterocycles. The van der Waals surface area contributed by atoms with Gasteiger partial charge in [0.15, 0.2) is 0 Å². The maximum atomic E-state index is 13.1. The minimum Gasteiger partial charge on any atom is -0.369 e. The fourth-order valence-electron chi connectivity index (χ4n) is 4.14. The molecule has 1 aliphatic carbocycles. The van der Waals surface area contributed by atoms with Gasteiger partial charge in [0.05, 0.1) is 0 Å². The topological polar surface area (TPSA) is 94.2 Å². The first-order chi connectivity index (χ1) is 16.6. The Hall–Kier alpha value is -3.65. The molecule has 2 aliphatic rings. The second kappa shape index (κ2) is 9.69. The molecule has 4 N–H and O–H groups in total. The van der Waals surface area contributed by atoms with Crippen LogP contribution in [0.2, 0.25) is 0 Å². The molecular weight excluding hydrogens is 426 g/mol. The van der Waals surface area contributed by atoms with Gasteiger partial charge >= 0.3 is 0 Å². The predicted octanol–water partition coefficient (Wildman–Crippen LogP) is 4.07. The summed E-state index contributed by atoms with van der Waals surface area (Å²) in [6, 6.07) is 14.6. The molecule has 1 aliphatic heterocycles. The molecule has 8 nitrogen and oxygen atoms in total. The van der Waals surface area contributed by atoms with E-state index in [0.717, 1.165) is 61.5 Å². The van der Waals surface area contributed by atoms with E-state index in [0.29, 0.717) is 23.4 Å². The van der Waals surface area contributed by atoms with Gasteiger partial charge in [-0.3, -0.25) is 4.79 Å².